The van der Waals surface area contributed by atoms with E-state index in [4.69, 9.17) is 0 Å². The van der Waals surface area contributed by atoms with E-state index < -0.39 is 0 Å². The van der Waals surface area contributed by atoms with Crippen molar-refractivity contribution < 1.29 is 0 Å². The van der Waals surface area contributed by atoms with E-state index >= 15 is 0 Å². The first-order valence-corrected chi connectivity index (χ1v) is 6.67. The zero-order chi connectivity index (χ0) is 11.7. The Hall–Kier alpha value is -1.15. The molecule has 0 aromatic carbocycles. The number of aromatic nitrogens is 1. The quantitative estimate of drug-likeness (QED) is 0.799. The minimum atomic E-state index is 0.744. The Labute approximate surface area is 103 Å². The van der Waals surface area contributed by atoms with Gasteiger partial charge in [-0.05, 0) is 61.8 Å². The summed E-state index contributed by atoms with van der Waals surface area (Å²) in [5.41, 5.74) is 3.92. The third kappa shape index (κ3) is 2.27. The summed E-state index contributed by atoms with van der Waals surface area (Å²) < 4.78 is 0. The second-order valence-electron chi connectivity index (χ2n) is 5.34. The molecule has 1 fully saturated rings. The van der Waals surface area contributed by atoms with Crippen LogP contribution in [0, 0.1) is 18.8 Å². The molecule has 1 aromatic rings. The molecule has 2 atom stereocenters. The number of nitrogens with one attached hydrogen (secondary N) is 1. The Morgan fingerprint density at radius 2 is 2.24 bits per heavy atom. The lowest BCUT2D eigenvalue weighted by molar-refractivity contribution is 0.279. The molecule has 1 saturated heterocycles. The van der Waals surface area contributed by atoms with Crippen molar-refractivity contribution in [2.75, 3.05) is 13.1 Å². The fraction of sp³-hybridized carbons (Fsp3) is 0.533. The molecule has 2 heteroatoms. The normalized spacial score (nSPS) is 28.4. The van der Waals surface area contributed by atoms with Crippen LogP contribution < -0.4 is 5.32 Å². The van der Waals surface area contributed by atoms with Gasteiger partial charge in [0.25, 0.3) is 0 Å². The molecule has 0 bridgehead atoms. The molecule has 0 amide bonds. The van der Waals surface area contributed by atoms with Crippen molar-refractivity contribution in [2.45, 2.75) is 26.2 Å². The van der Waals surface area contributed by atoms with Crippen LogP contribution in [0.15, 0.2) is 24.4 Å². The van der Waals surface area contributed by atoms with Crippen molar-refractivity contribution >= 4 is 5.57 Å². The molecule has 2 nitrogen and oxygen atoms in total. The first kappa shape index (κ1) is 11.0. The molecule has 1 aliphatic carbocycles. The van der Waals surface area contributed by atoms with Crippen molar-refractivity contribution in [1.29, 1.82) is 0 Å². The highest BCUT2D eigenvalue weighted by molar-refractivity contribution is 5.66. The molecule has 3 rings (SSSR count). The average molecular weight is 228 g/mol. The van der Waals surface area contributed by atoms with Gasteiger partial charge in [-0.2, -0.15) is 0 Å². The predicted molar refractivity (Wildman–Crippen MR) is 70.7 cm³/mol. The SMILES string of the molecule is Cc1ccc(C2=C[C@H]3CNCC[C@H]3CC2)cn1. The van der Waals surface area contributed by atoms with Crippen LogP contribution in [0.4, 0.5) is 0 Å². The summed E-state index contributed by atoms with van der Waals surface area (Å²) in [6.45, 7) is 4.41. The number of piperidine rings is 1. The minimum absolute atomic E-state index is 0.744. The fourth-order valence-electron chi connectivity index (χ4n) is 3.07. The van der Waals surface area contributed by atoms with Crippen molar-refractivity contribution in [2.24, 2.45) is 11.8 Å². The van der Waals surface area contributed by atoms with Crippen LogP contribution in [0.25, 0.3) is 5.57 Å². The number of aryl methyl sites for hydroxylation is 1. The lowest BCUT2D eigenvalue weighted by Gasteiger charge is -2.34. The van der Waals surface area contributed by atoms with Gasteiger partial charge in [0, 0.05) is 18.4 Å². The van der Waals surface area contributed by atoms with Gasteiger partial charge in [0.2, 0.25) is 0 Å². The summed E-state index contributed by atoms with van der Waals surface area (Å²) in [4.78, 5) is 4.40. The summed E-state index contributed by atoms with van der Waals surface area (Å²) >= 11 is 0. The van der Waals surface area contributed by atoms with E-state index in [2.05, 4.69) is 28.5 Å². The predicted octanol–water partition coefficient (Wildman–Crippen LogP) is 2.79. The number of pyridine rings is 1. The van der Waals surface area contributed by atoms with Gasteiger partial charge in [-0.25, -0.2) is 0 Å². The summed E-state index contributed by atoms with van der Waals surface area (Å²) in [6, 6.07) is 4.33. The molecule has 17 heavy (non-hydrogen) atoms. The van der Waals surface area contributed by atoms with Crippen molar-refractivity contribution in [3.63, 3.8) is 0 Å². The van der Waals surface area contributed by atoms with E-state index in [-0.39, 0.29) is 0 Å². The van der Waals surface area contributed by atoms with Gasteiger partial charge in [-0.3, -0.25) is 4.98 Å². The second-order valence-corrected chi connectivity index (χ2v) is 5.34. The van der Waals surface area contributed by atoms with Gasteiger partial charge in [0.15, 0.2) is 0 Å². The fourth-order valence-corrected chi connectivity index (χ4v) is 3.07. The maximum absolute atomic E-state index is 4.40. The first-order valence-electron chi connectivity index (χ1n) is 6.67. The van der Waals surface area contributed by atoms with Crippen molar-refractivity contribution in [3.05, 3.63) is 35.7 Å². The summed E-state index contributed by atoms with van der Waals surface area (Å²) in [7, 11) is 0. The van der Waals surface area contributed by atoms with E-state index in [1.54, 1.807) is 0 Å². The summed E-state index contributed by atoms with van der Waals surface area (Å²) in [6.07, 6.45) is 8.45. The highest BCUT2D eigenvalue weighted by Gasteiger charge is 2.27. The number of hydrogen-bond acceptors (Lipinski definition) is 2. The monoisotopic (exact) mass is 228 g/mol. The maximum atomic E-state index is 4.40. The Bertz CT molecular complexity index is 419. The highest BCUT2D eigenvalue weighted by atomic mass is 14.9. The number of nitrogens with zero attached hydrogens (tertiary/aromatic N) is 1. The van der Waals surface area contributed by atoms with Gasteiger partial charge < -0.3 is 5.32 Å². The van der Waals surface area contributed by atoms with Crippen LogP contribution in [-0.2, 0) is 0 Å². The van der Waals surface area contributed by atoms with Crippen LogP contribution >= 0.6 is 0 Å². The third-order valence-electron chi connectivity index (χ3n) is 4.16. The largest absolute Gasteiger partial charge is 0.316 e. The van der Waals surface area contributed by atoms with Crippen molar-refractivity contribution in [3.8, 4) is 0 Å². The molecule has 2 heterocycles. The molecule has 2 aliphatic rings. The summed E-state index contributed by atoms with van der Waals surface area (Å²) in [5.74, 6) is 1.66. The van der Waals surface area contributed by atoms with Crippen LogP contribution in [0.1, 0.15) is 30.5 Å². The standard InChI is InChI=1S/C15H20N2/c1-11-2-3-14(10-17-11)13-5-4-12-6-7-16-9-15(12)8-13/h2-3,8,10,12,15-16H,4-7,9H2,1H3/t12-,15+/m1/s1. The van der Waals surface area contributed by atoms with Crippen LogP contribution in [0.3, 0.4) is 0 Å². The topological polar surface area (TPSA) is 24.9 Å². The van der Waals surface area contributed by atoms with Gasteiger partial charge in [0.1, 0.15) is 0 Å². The first-order chi connectivity index (χ1) is 8.33. The number of allylic oxidation sites excluding steroid dienone is 1. The molecular formula is C15H20N2. The molecular weight excluding hydrogens is 208 g/mol. The maximum Gasteiger partial charge on any atom is 0.0373 e. The molecule has 90 valence electrons. The smallest absolute Gasteiger partial charge is 0.0373 e. The zero-order valence-corrected chi connectivity index (χ0v) is 10.4. The lowest BCUT2D eigenvalue weighted by Crippen LogP contribution is -2.37. The Morgan fingerprint density at radius 3 is 3.06 bits per heavy atom. The van der Waals surface area contributed by atoms with E-state index in [1.165, 1.54) is 36.9 Å². The second kappa shape index (κ2) is 4.61. The molecule has 0 unspecified atom stereocenters. The van der Waals surface area contributed by atoms with Gasteiger partial charge >= 0.3 is 0 Å². The Morgan fingerprint density at radius 1 is 1.29 bits per heavy atom. The Kier molecular flexibility index (Phi) is 2.98. The average Bonchev–Trinajstić information content (AvgIpc) is 2.39. The lowest BCUT2D eigenvalue weighted by atomic mass is 9.76. The Balaban J connectivity index is 1.84. The number of rotatable bonds is 1. The molecule has 1 N–H and O–H groups in total. The van der Waals surface area contributed by atoms with Gasteiger partial charge in [-0.15, -0.1) is 0 Å². The number of fused-ring (bicyclic) bond motifs is 1. The highest BCUT2D eigenvalue weighted by Crippen LogP contribution is 2.36. The van der Waals surface area contributed by atoms with E-state index in [0.717, 1.165) is 24.1 Å². The van der Waals surface area contributed by atoms with Crippen LogP contribution in [0.2, 0.25) is 0 Å². The van der Waals surface area contributed by atoms with Crippen LogP contribution in [-0.4, -0.2) is 18.1 Å². The summed E-state index contributed by atoms with van der Waals surface area (Å²) in [5, 5.41) is 3.50. The van der Waals surface area contributed by atoms with Gasteiger partial charge in [0.05, 0.1) is 0 Å². The van der Waals surface area contributed by atoms with Gasteiger partial charge in [-0.1, -0.05) is 12.1 Å². The number of hydrogen-bond donors (Lipinski definition) is 1. The van der Waals surface area contributed by atoms with Crippen molar-refractivity contribution in [1.82, 2.24) is 10.3 Å². The third-order valence-corrected chi connectivity index (χ3v) is 4.16. The molecule has 0 radical (unpaired) electrons. The molecule has 0 saturated carbocycles. The minimum Gasteiger partial charge on any atom is -0.316 e. The molecule has 0 spiro atoms. The molecule has 1 aromatic heterocycles. The van der Waals surface area contributed by atoms with E-state index in [0.29, 0.717) is 0 Å². The molecule has 1 aliphatic heterocycles. The van der Waals surface area contributed by atoms with E-state index in [9.17, 15) is 0 Å². The van der Waals surface area contributed by atoms with Crippen LogP contribution in [0.5, 0.6) is 0 Å². The van der Waals surface area contributed by atoms with E-state index in [1.807, 2.05) is 13.1 Å². The zero-order valence-electron chi connectivity index (χ0n) is 10.4.